The summed E-state index contributed by atoms with van der Waals surface area (Å²) in [6, 6.07) is 8.64. The van der Waals surface area contributed by atoms with Crippen LogP contribution in [0.1, 0.15) is 28.3 Å². The number of halogens is 1. The maximum Gasteiger partial charge on any atom is 0.261 e. The molecule has 0 aliphatic heterocycles. The second-order valence-corrected chi connectivity index (χ2v) is 6.58. The van der Waals surface area contributed by atoms with E-state index in [1.54, 1.807) is 6.07 Å². The first-order chi connectivity index (χ1) is 10.6. The Morgan fingerprint density at radius 1 is 1.36 bits per heavy atom. The minimum atomic E-state index is -0.298. The smallest absolute Gasteiger partial charge is 0.261 e. The van der Waals surface area contributed by atoms with E-state index in [0.717, 1.165) is 29.2 Å². The molecule has 0 unspecified atom stereocenters. The lowest BCUT2D eigenvalue weighted by molar-refractivity contribution is 0.0955. The first kappa shape index (κ1) is 13.5. The summed E-state index contributed by atoms with van der Waals surface area (Å²) < 4.78 is 15.3. The van der Waals surface area contributed by atoms with Gasteiger partial charge in [0.05, 0.1) is 15.9 Å². The van der Waals surface area contributed by atoms with Gasteiger partial charge in [0.15, 0.2) is 0 Å². The third-order valence-corrected chi connectivity index (χ3v) is 4.80. The SMILES string of the molecule is Cc1nc2cc(F)ccc2n1-c1ccc(C(=O)NC2CC2)s1. The first-order valence-electron chi connectivity index (χ1n) is 7.17. The van der Waals surface area contributed by atoms with Crippen LogP contribution in [0.2, 0.25) is 0 Å². The lowest BCUT2D eigenvalue weighted by atomic mass is 10.3. The normalized spacial score (nSPS) is 14.5. The maximum absolute atomic E-state index is 13.3. The molecule has 2 heterocycles. The zero-order valence-corrected chi connectivity index (χ0v) is 12.8. The van der Waals surface area contributed by atoms with Crippen molar-refractivity contribution >= 4 is 28.3 Å². The topological polar surface area (TPSA) is 46.9 Å². The molecule has 1 fully saturated rings. The van der Waals surface area contributed by atoms with Gasteiger partial charge in [-0.15, -0.1) is 11.3 Å². The van der Waals surface area contributed by atoms with E-state index in [-0.39, 0.29) is 11.7 Å². The molecule has 0 atom stereocenters. The Morgan fingerprint density at radius 3 is 2.95 bits per heavy atom. The van der Waals surface area contributed by atoms with E-state index in [9.17, 15) is 9.18 Å². The average molecular weight is 315 g/mol. The fraction of sp³-hybridized carbons (Fsp3) is 0.250. The van der Waals surface area contributed by atoms with Crippen LogP contribution in [0.3, 0.4) is 0 Å². The van der Waals surface area contributed by atoms with Crippen LogP contribution in [0.25, 0.3) is 16.0 Å². The molecule has 0 saturated heterocycles. The van der Waals surface area contributed by atoms with Crippen LogP contribution in [-0.4, -0.2) is 21.5 Å². The molecule has 0 spiro atoms. The number of aromatic nitrogens is 2. The molecule has 0 bridgehead atoms. The van der Waals surface area contributed by atoms with Crippen LogP contribution in [-0.2, 0) is 0 Å². The number of carbonyl (C=O) groups excluding carboxylic acids is 1. The Morgan fingerprint density at radius 2 is 2.18 bits per heavy atom. The van der Waals surface area contributed by atoms with Crippen molar-refractivity contribution in [2.24, 2.45) is 0 Å². The van der Waals surface area contributed by atoms with Gasteiger partial charge in [-0.1, -0.05) is 0 Å². The van der Waals surface area contributed by atoms with Crippen LogP contribution in [0.15, 0.2) is 30.3 Å². The molecule has 22 heavy (non-hydrogen) atoms. The van der Waals surface area contributed by atoms with Gasteiger partial charge in [0.2, 0.25) is 0 Å². The van der Waals surface area contributed by atoms with E-state index in [0.29, 0.717) is 16.4 Å². The highest BCUT2D eigenvalue weighted by atomic mass is 32.1. The zero-order valence-electron chi connectivity index (χ0n) is 12.0. The Balaban J connectivity index is 1.74. The summed E-state index contributed by atoms with van der Waals surface area (Å²) in [6.45, 7) is 1.88. The van der Waals surface area contributed by atoms with Gasteiger partial charge >= 0.3 is 0 Å². The second kappa shape index (κ2) is 4.91. The number of nitrogens with zero attached hydrogens (tertiary/aromatic N) is 2. The number of imidazole rings is 1. The minimum Gasteiger partial charge on any atom is -0.349 e. The van der Waals surface area contributed by atoms with Crippen LogP contribution in [0, 0.1) is 12.7 Å². The number of carbonyl (C=O) groups is 1. The van der Waals surface area contributed by atoms with Crippen LogP contribution < -0.4 is 5.32 Å². The third kappa shape index (κ3) is 2.29. The summed E-state index contributed by atoms with van der Waals surface area (Å²) in [5.41, 5.74) is 1.46. The van der Waals surface area contributed by atoms with Gasteiger partial charge in [0, 0.05) is 12.1 Å². The lowest BCUT2D eigenvalue weighted by Crippen LogP contribution is -2.24. The second-order valence-electron chi connectivity index (χ2n) is 5.51. The van der Waals surface area contributed by atoms with Gasteiger partial charge in [-0.25, -0.2) is 9.37 Å². The molecule has 3 aromatic rings. The number of hydrogen-bond acceptors (Lipinski definition) is 3. The number of thiophene rings is 1. The number of aryl methyl sites for hydroxylation is 1. The van der Waals surface area contributed by atoms with Crippen molar-refractivity contribution < 1.29 is 9.18 Å². The van der Waals surface area contributed by atoms with Gasteiger partial charge in [0.25, 0.3) is 5.91 Å². The molecule has 2 aromatic heterocycles. The lowest BCUT2D eigenvalue weighted by Gasteiger charge is -2.03. The number of hydrogen-bond donors (Lipinski definition) is 1. The molecule has 1 N–H and O–H groups in total. The van der Waals surface area contributed by atoms with Crippen molar-refractivity contribution in [3.63, 3.8) is 0 Å². The highest BCUT2D eigenvalue weighted by Crippen LogP contribution is 2.28. The molecule has 0 radical (unpaired) electrons. The van der Waals surface area contributed by atoms with E-state index >= 15 is 0 Å². The molecule has 1 amide bonds. The van der Waals surface area contributed by atoms with Gasteiger partial charge < -0.3 is 5.32 Å². The van der Waals surface area contributed by atoms with Crippen LogP contribution in [0.5, 0.6) is 0 Å². The summed E-state index contributed by atoms with van der Waals surface area (Å²) in [5, 5.41) is 3.89. The standard InChI is InChI=1S/C16H14FN3OS/c1-9-18-12-8-10(17)2-5-13(12)20(9)15-7-6-14(22-15)16(21)19-11-3-4-11/h2,5-8,11H,3-4H2,1H3,(H,19,21). The Kier molecular flexibility index (Phi) is 3.00. The number of benzene rings is 1. The summed E-state index contributed by atoms with van der Waals surface area (Å²) in [5.74, 6) is 0.455. The monoisotopic (exact) mass is 315 g/mol. The van der Waals surface area contributed by atoms with E-state index in [1.807, 2.05) is 23.6 Å². The highest BCUT2D eigenvalue weighted by molar-refractivity contribution is 7.16. The van der Waals surface area contributed by atoms with Crippen molar-refractivity contribution in [1.29, 1.82) is 0 Å². The average Bonchev–Trinajstić information content (AvgIpc) is 3.05. The van der Waals surface area contributed by atoms with Crippen molar-refractivity contribution in [3.8, 4) is 5.00 Å². The Labute approximate surface area is 130 Å². The van der Waals surface area contributed by atoms with E-state index < -0.39 is 0 Å². The highest BCUT2D eigenvalue weighted by Gasteiger charge is 2.24. The predicted octanol–water partition coefficient (Wildman–Crippen LogP) is 3.43. The van der Waals surface area contributed by atoms with Crippen molar-refractivity contribution in [2.45, 2.75) is 25.8 Å². The van der Waals surface area contributed by atoms with Gasteiger partial charge in [-0.05, 0) is 44.0 Å². The molecule has 112 valence electrons. The summed E-state index contributed by atoms with van der Waals surface area (Å²) in [7, 11) is 0. The van der Waals surface area contributed by atoms with Gasteiger partial charge in [0.1, 0.15) is 16.6 Å². The Bertz CT molecular complexity index is 879. The molecule has 1 aliphatic carbocycles. The molecule has 6 heteroatoms. The van der Waals surface area contributed by atoms with Gasteiger partial charge in [-0.3, -0.25) is 9.36 Å². The minimum absolute atomic E-state index is 0.0214. The summed E-state index contributed by atoms with van der Waals surface area (Å²) >= 11 is 1.42. The number of amides is 1. The third-order valence-electron chi connectivity index (χ3n) is 3.73. The predicted molar refractivity (Wildman–Crippen MR) is 84.1 cm³/mol. The van der Waals surface area contributed by atoms with E-state index in [4.69, 9.17) is 0 Å². The van der Waals surface area contributed by atoms with Crippen LogP contribution >= 0.6 is 11.3 Å². The Hall–Kier alpha value is -2.21. The van der Waals surface area contributed by atoms with Crippen molar-refractivity contribution in [3.05, 3.63) is 46.9 Å². The zero-order chi connectivity index (χ0) is 15.3. The largest absolute Gasteiger partial charge is 0.349 e. The molecule has 4 nitrogen and oxygen atoms in total. The van der Waals surface area contributed by atoms with E-state index in [1.165, 1.54) is 23.5 Å². The van der Waals surface area contributed by atoms with Crippen molar-refractivity contribution in [2.75, 3.05) is 0 Å². The summed E-state index contributed by atoms with van der Waals surface area (Å²) in [4.78, 5) is 17.2. The quantitative estimate of drug-likeness (QED) is 0.805. The number of rotatable bonds is 3. The number of nitrogens with one attached hydrogen (secondary N) is 1. The van der Waals surface area contributed by atoms with Crippen molar-refractivity contribution in [1.82, 2.24) is 14.9 Å². The number of fused-ring (bicyclic) bond motifs is 1. The first-order valence-corrected chi connectivity index (χ1v) is 7.99. The molecule has 1 saturated carbocycles. The molecule has 4 rings (SSSR count). The van der Waals surface area contributed by atoms with Gasteiger partial charge in [-0.2, -0.15) is 0 Å². The molecule has 1 aliphatic rings. The van der Waals surface area contributed by atoms with E-state index in [2.05, 4.69) is 10.3 Å². The summed E-state index contributed by atoms with van der Waals surface area (Å²) in [6.07, 6.45) is 2.14. The molecular formula is C16H14FN3OS. The molecule has 1 aromatic carbocycles. The fourth-order valence-electron chi connectivity index (χ4n) is 2.51. The maximum atomic E-state index is 13.3. The fourth-order valence-corrected chi connectivity index (χ4v) is 3.48. The molecular weight excluding hydrogens is 301 g/mol. The van der Waals surface area contributed by atoms with Crippen LogP contribution in [0.4, 0.5) is 4.39 Å².